The van der Waals surface area contributed by atoms with Gasteiger partial charge >= 0.3 is 23.9 Å². The molecule has 93 heavy (non-hydrogen) atoms. The summed E-state index contributed by atoms with van der Waals surface area (Å²) in [6.07, 6.45) is 29.6. The number of amides is 7. The molecular weight excluding hydrogens is 1220 g/mol. The highest BCUT2D eigenvalue weighted by atomic mass is 32.2. The van der Waals surface area contributed by atoms with Crippen LogP contribution >= 0.6 is 0 Å². The van der Waals surface area contributed by atoms with Gasteiger partial charge in [0.25, 0.3) is 5.91 Å². The molecule has 26 nitrogen and oxygen atoms in total. The fourth-order valence-corrected chi connectivity index (χ4v) is 10.1. The minimum absolute atomic E-state index is 0.0366. The molecule has 0 spiro atoms. The highest BCUT2D eigenvalue weighted by Gasteiger charge is 2.33. The molecule has 1 aliphatic heterocycles. The summed E-state index contributed by atoms with van der Waals surface area (Å²) in [5.41, 5.74) is 11.7. The first-order chi connectivity index (χ1) is 44.5. The monoisotopic (exact) mass is 1330 g/mol. The second-order valence-corrected chi connectivity index (χ2v) is 25.3. The van der Waals surface area contributed by atoms with Crippen LogP contribution < -0.4 is 48.4 Å². The van der Waals surface area contributed by atoms with Gasteiger partial charge in [0, 0.05) is 44.7 Å². The number of guanidine groups is 1. The Kier molecular flexibility index (Phi) is 47.5. The predicted octanol–water partition coefficient (Wildman–Crippen LogP) is 4.87. The van der Waals surface area contributed by atoms with Gasteiger partial charge in [0.05, 0.1) is 42.7 Å². The quantitative estimate of drug-likeness (QED) is 0.00800. The lowest BCUT2D eigenvalue weighted by Crippen LogP contribution is -2.78. The topological polar surface area (TPSA) is 397 Å². The third-order valence-corrected chi connectivity index (χ3v) is 15.5. The molecule has 27 heteroatoms. The van der Waals surface area contributed by atoms with Crippen molar-refractivity contribution in [1.82, 2.24) is 36.8 Å². The Morgan fingerprint density at radius 1 is 0.624 bits per heavy atom. The minimum Gasteiger partial charge on any atom is -0.748 e. The molecule has 7 amide bonds. The van der Waals surface area contributed by atoms with E-state index in [1.807, 2.05) is 0 Å². The molecule has 1 heterocycles. The molecule has 0 radical (unpaired) electrons. The summed E-state index contributed by atoms with van der Waals surface area (Å²) in [5, 5.41) is 15.3. The van der Waals surface area contributed by atoms with Crippen LogP contribution in [0.5, 0.6) is 0 Å². The van der Waals surface area contributed by atoms with Crippen molar-refractivity contribution in [2.75, 3.05) is 46.3 Å². The molecule has 11 N–H and O–H groups in total. The lowest BCUT2D eigenvalue weighted by Gasteiger charge is -2.30. The van der Waals surface area contributed by atoms with Gasteiger partial charge in [0.1, 0.15) is 31.3 Å². The number of rotatable bonds is 45. The van der Waals surface area contributed by atoms with Gasteiger partial charge in [-0.25, -0.2) is 8.42 Å². The molecule has 1 aromatic rings. The van der Waals surface area contributed by atoms with Gasteiger partial charge in [-0.15, -0.1) is 0 Å². The van der Waals surface area contributed by atoms with Gasteiger partial charge in [0.15, 0.2) is 6.10 Å². The number of hydrogen-bond donors (Lipinski definition) is 9. The average molecular weight is 1340 g/mol. The number of carbonyl (C=O) groups is 10. The molecule has 1 aliphatic rings. The molecule has 4 atom stereocenters. The van der Waals surface area contributed by atoms with Crippen LogP contribution in [-0.4, -0.2) is 154 Å². The number of nitrogens with two attached hydrogens (primary N) is 2. The number of carbonyl (C=O) groups excluding carboxylic acids is 10. The number of hydrogen-bond acceptors (Lipinski definition) is 16. The van der Waals surface area contributed by atoms with Crippen molar-refractivity contribution in [1.29, 1.82) is 0 Å². The maximum atomic E-state index is 13.8. The van der Waals surface area contributed by atoms with E-state index < -0.39 is 120 Å². The number of fused-ring (bicyclic) bond motifs is 2. The van der Waals surface area contributed by atoms with Crippen molar-refractivity contribution < 1.29 is 80.1 Å². The van der Waals surface area contributed by atoms with Crippen LogP contribution in [0, 0.1) is 0 Å². The Morgan fingerprint density at radius 2 is 1.10 bits per heavy atom. The second-order valence-electron chi connectivity index (χ2n) is 23.9. The van der Waals surface area contributed by atoms with E-state index in [2.05, 4.69) is 50.7 Å². The fourth-order valence-electron chi connectivity index (χ4n) is 10.1. The minimum atomic E-state index is -3.92. The zero-order valence-corrected chi connectivity index (χ0v) is 57.3. The first-order valence-electron chi connectivity index (χ1n) is 34.1. The van der Waals surface area contributed by atoms with Crippen LogP contribution in [0.3, 0.4) is 0 Å². The maximum Gasteiger partial charge on any atom is 0.338 e. The van der Waals surface area contributed by atoms with Crippen LogP contribution in [-0.2, 0) is 74.0 Å². The van der Waals surface area contributed by atoms with E-state index in [4.69, 9.17) is 38.6 Å². The lowest BCUT2D eigenvalue weighted by atomic mass is 10.0. The first-order valence-corrected chi connectivity index (χ1v) is 35.9. The molecule has 0 saturated heterocycles. The summed E-state index contributed by atoms with van der Waals surface area (Å²) in [6.45, 7) is 4.56. The van der Waals surface area contributed by atoms with Crippen LogP contribution in [0.1, 0.15) is 255 Å². The van der Waals surface area contributed by atoms with Crippen molar-refractivity contribution in [3.63, 3.8) is 0 Å². The average Bonchev–Trinajstić information content (AvgIpc) is 0.933. The molecule has 530 valence electrons. The second kappa shape index (κ2) is 52.5. The Balaban J connectivity index is 0.00000830. The van der Waals surface area contributed by atoms with E-state index in [1.165, 1.54) is 140 Å². The highest BCUT2D eigenvalue weighted by Crippen LogP contribution is 2.17. The Labute approximate surface area is 553 Å². The number of benzene rings is 1. The summed E-state index contributed by atoms with van der Waals surface area (Å²) in [7, 11) is -2.50. The van der Waals surface area contributed by atoms with E-state index in [-0.39, 0.29) is 69.7 Å². The summed E-state index contributed by atoms with van der Waals surface area (Å²) in [6, 6.07) is 2.69. The van der Waals surface area contributed by atoms with Crippen LogP contribution in [0.4, 0.5) is 0 Å². The normalized spacial score (nSPS) is 15.9. The van der Waals surface area contributed by atoms with Gasteiger partial charge in [-0.05, 0) is 49.8 Å². The lowest BCUT2D eigenvalue weighted by molar-refractivity contribution is -0.459. The van der Waals surface area contributed by atoms with Crippen molar-refractivity contribution in [2.24, 2.45) is 11.5 Å². The molecule has 0 saturated carbocycles. The number of likely N-dealkylation sites (N-methyl/N-ethyl adjacent to an activating group) is 1. The van der Waals surface area contributed by atoms with Gasteiger partial charge in [-0.3, -0.25) is 64.4 Å². The molecule has 0 fully saturated rings. The molecule has 2 bridgehead atoms. The molecule has 2 unspecified atom stereocenters. The van der Waals surface area contributed by atoms with Crippen molar-refractivity contribution in [3.8, 4) is 0 Å². The highest BCUT2D eigenvalue weighted by molar-refractivity contribution is 7.84. The Bertz CT molecular complexity index is 2510. The van der Waals surface area contributed by atoms with Gasteiger partial charge in [-0.1, -0.05) is 187 Å². The van der Waals surface area contributed by atoms with Crippen molar-refractivity contribution in [3.05, 3.63) is 35.4 Å². The van der Waals surface area contributed by atoms with E-state index in [0.29, 0.717) is 31.1 Å². The zero-order valence-electron chi connectivity index (χ0n) is 56.4. The third kappa shape index (κ3) is 45.9. The van der Waals surface area contributed by atoms with Gasteiger partial charge < -0.3 is 55.6 Å². The Hall–Kier alpha value is -6.90. The number of nitrogens with zero attached hydrogens (tertiary/aromatic N) is 1. The smallest absolute Gasteiger partial charge is 0.338 e. The van der Waals surface area contributed by atoms with E-state index in [9.17, 15) is 47.9 Å². The van der Waals surface area contributed by atoms with Crippen LogP contribution in [0.15, 0.2) is 24.3 Å². The number of ether oxygens (including phenoxy) is 3. The van der Waals surface area contributed by atoms with Gasteiger partial charge in [-0.2, -0.15) is 0 Å². The zero-order chi connectivity index (χ0) is 69.1. The predicted molar refractivity (Wildman–Crippen MR) is 353 cm³/mol. The number of esters is 3. The van der Waals surface area contributed by atoms with E-state index in [0.717, 1.165) is 38.5 Å². The molecular formula is C66H114N10O16S. The number of nitrogens with one attached hydrogen (secondary N) is 7. The third-order valence-electron chi connectivity index (χ3n) is 15.5. The summed E-state index contributed by atoms with van der Waals surface area (Å²) in [4.78, 5) is 136. The van der Waals surface area contributed by atoms with Gasteiger partial charge in [0.2, 0.25) is 35.4 Å². The molecule has 0 aromatic heterocycles. The standard InChI is InChI=1S/C65H110N10O13.CH4O3S/c1-5-8-10-12-14-16-18-20-22-24-26-28-30-37-58(79)86-46-51(88-60(81)38-31-29-27-25-23-21-19-17-15-13-11-9-6-2)47-87-59(80)40-39-55(76)71-48-72-56(77)43-53-62(83)69-44-49-34-32-35-50(42-49)61(82)74-52(7-3)64(85)75(4)54(36-33-41-68-65(66)67)63(84)70-45-57(78)73-53;1-5(2,3)4/h32,34-35,42,51-54H,5-31,33,36-41,43-48H2,1-4H3,(H,69,83)(H,70,84)(H,71,76)(H,72,77)(H,73,78)(H,74,82)(H4,66,67,68);1H3,(H,2,3,4)/t51?,52?,53-,54-;/m0./s1. The maximum absolute atomic E-state index is 13.8. The van der Waals surface area contributed by atoms with Crippen molar-refractivity contribution in [2.45, 2.75) is 270 Å². The summed E-state index contributed by atoms with van der Waals surface area (Å²) >= 11 is 0. The van der Waals surface area contributed by atoms with Crippen LogP contribution in [0.2, 0.25) is 0 Å². The SMILES string of the molecule is CCCCCCCCCCCCCCCC(=O)OCC(COC(=O)CCC(=O)NCNC(=O)C[C@@H]1NC(=O)CNC(=O)[C@H](CCC[NH+]=C(N)N)N(C)C(=O)C(CC)NC(=O)c2cccc(c2)CNC1=O)OC(=O)CCCCCCCCCCCCCCC.CS(=O)(=O)[O-]. The fraction of sp³-hybridized carbons (Fsp3) is 0.742. The molecule has 0 aliphatic carbocycles. The van der Waals surface area contributed by atoms with E-state index >= 15 is 0 Å². The van der Waals surface area contributed by atoms with Crippen LogP contribution in [0.25, 0.3) is 0 Å². The molecule has 2 rings (SSSR count). The largest absolute Gasteiger partial charge is 0.748 e. The first kappa shape index (κ1) is 84.1. The Morgan fingerprint density at radius 3 is 1.60 bits per heavy atom. The summed E-state index contributed by atoms with van der Waals surface area (Å²) < 4.78 is 43.8. The molecule has 1 aromatic carbocycles. The summed E-state index contributed by atoms with van der Waals surface area (Å²) in [5.74, 6) is -6.57. The van der Waals surface area contributed by atoms with E-state index in [1.54, 1.807) is 19.1 Å². The number of unbranched alkanes of at least 4 members (excludes halogenated alkanes) is 24. The van der Waals surface area contributed by atoms with Crippen molar-refractivity contribution >= 4 is 75.3 Å².